The van der Waals surface area contributed by atoms with Crippen molar-refractivity contribution >= 4 is 28.3 Å². The first kappa shape index (κ1) is 15.7. The summed E-state index contributed by atoms with van der Waals surface area (Å²) in [4.78, 5) is 11.3. The Labute approximate surface area is 130 Å². The lowest BCUT2D eigenvalue weighted by atomic mass is 10.0. The molecule has 2 aromatic carbocycles. The summed E-state index contributed by atoms with van der Waals surface area (Å²) in [5, 5.41) is 8.65. The number of hydrogen-bond donors (Lipinski definition) is 2. The zero-order valence-electron chi connectivity index (χ0n) is 11.0. The quantitative estimate of drug-likeness (QED) is 0.656. The lowest BCUT2D eigenvalue weighted by Crippen LogP contribution is -2.27. The molecule has 0 aliphatic carbocycles. The summed E-state index contributed by atoms with van der Waals surface area (Å²) in [7, 11) is -1.53. The summed E-state index contributed by atoms with van der Waals surface area (Å²) in [5.41, 5.74) is 3.09. The van der Waals surface area contributed by atoms with Gasteiger partial charge in [0, 0.05) is 15.8 Å². The Kier molecular flexibility index (Phi) is 5.50. The van der Waals surface area contributed by atoms with Gasteiger partial charge in [0.15, 0.2) is 0 Å². The van der Waals surface area contributed by atoms with Crippen LogP contribution in [0.15, 0.2) is 54.6 Å². The second kappa shape index (κ2) is 7.36. The van der Waals surface area contributed by atoms with Crippen LogP contribution in [0.5, 0.6) is 0 Å². The highest BCUT2D eigenvalue weighted by atomic mass is 35.5. The minimum atomic E-state index is -1.53. The number of halogens is 1. The molecule has 110 valence electrons. The number of carbonyl (C=O) groups is 1. The van der Waals surface area contributed by atoms with Crippen LogP contribution in [0.4, 0.5) is 0 Å². The maximum atomic E-state index is 12.5. The Morgan fingerprint density at radius 3 is 2.43 bits per heavy atom. The summed E-state index contributed by atoms with van der Waals surface area (Å²) in [6.45, 7) is 0. The van der Waals surface area contributed by atoms with Crippen LogP contribution in [0.2, 0.25) is 5.02 Å². The highest BCUT2D eigenvalue weighted by Crippen LogP contribution is 2.29. The number of carbonyl (C=O) groups excluding carboxylic acids is 1. The zero-order valence-corrected chi connectivity index (χ0v) is 12.6. The van der Waals surface area contributed by atoms with E-state index in [0.717, 1.165) is 11.1 Å². The molecule has 0 radical (unpaired) electrons. The normalized spacial score (nSPS) is 13.4. The van der Waals surface area contributed by atoms with Gasteiger partial charge in [0.2, 0.25) is 0 Å². The highest BCUT2D eigenvalue weighted by molar-refractivity contribution is 7.86. The minimum Gasteiger partial charge on any atom is -0.289 e. The Hall–Kier alpha value is -1.69. The van der Waals surface area contributed by atoms with Crippen molar-refractivity contribution in [2.24, 2.45) is 0 Å². The molecule has 2 N–H and O–H groups in total. The van der Waals surface area contributed by atoms with Gasteiger partial charge in [0.1, 0.15) is 5.75 Å². The average Bonchev–Trinajstić information content (AvgIpc) is 2.48. The molecule has 0 aromatic heterocycles. The van der Waals surface area contributed by atoms with Crippen LogP contribution in [0.25, 0.3) is 0 Å². The molecule has 0 heterocycles. The monoisotopic (exact) mass is 323 g/mol. The summed E-state index contributed by atoms with van der Waals surface area (Å²) in [6, 6.07) is 16.3. The Morgan fingerprint density at radius 2 is 1.81 bits per heavy atom. The first-order valence-electron chi connectivity index (χ1n) is 6.22. The molecule has 0 spiro atoms. The van der Waals surface area contributed by atoms with E-state index in [2.05, 4.69) is 0 Å². The molecule has 6 heteroatoms. The van der Waals surface area contributed by atoms with E-state index >= 15 is 0 Å². The summed E-state index contributed by atoms with van der Waals surface area (Å²) in [5.74, 6) is -0.973. The van der Waals surface area contributed by atoms with Crippen molar-refractivity contribution in [1.29, 1.82) is 0 Å². The molecule has 0 aliphatic rings. The first-order chi connectivity index (χ1) is 10.1. The third-order valence-electron chi connectivity index (χ3n) is 2.91. The smallest absolute Gasteiger partial charge is 0.255 e. The Morgan fingerprint density at radius 1 is 1.14 bits per heavy atom. The van der Waals surface area contributed by atoms with Crippen molar-refractivity contribution in [3.05, 3.63) is 70.7 Å². The van der Waals surface area contributed by atoms with Gasteiger partial charge in [0.25, 0.3) is 5.91 Å². The van der Waals surface area contributed by atoms with Crippen LogP contribution in [0.3, 0.4) is 0 Å². The second-order valence-electron chi connectivity index (χ2n) is 4.41. The van der Waals surface area contributed by atoms with Crippen LogP contribution in [0, 0.1) is 0 Å². The number of rotatable bonds is 5. The molecule has 2 rings (SSSR count). The van der Waals surface area contributed by atoms with Crippen LogP contribution >= 0.6 is 11.6 Å². The maximum absolute atomic E-state index is 12.5. The summed E-state index contributed by atoms with van der Waals surface area (Å²) >= 11 is 6.00. The number of nitrogens with one attached hydrogen (secondary N) is 1. The van der Waals surface area contributed by atoms with Gasteiger partial charge in [-0.3, -0.25) is 14.2 Å². The minimum absolute atomic E-state index is 0.289. The van der Waals surface area contributed by atoms with Gasteiger partial charge in [-0.05, 0) is 23.3 Å². The molecule has 0 bridgehead atoms. The third kappa shape index (κ3) is 4.14. The van der Waals surface area contributed by atoms with Gasteiger partial charge in [-0.1, -0.05) is 54.1 Å². The van der Waals surface area contributed by atoms with Crippen molar-refractivity contribution in [3.63, 3.8) is 0 Å². The number of amides is 1. The van der Waals surface area contributed by atoms with Crippen molar-refractivity contribution in [1.82, 2.24) is 5.48 Å². The fraction of sp³-hybridized carbons (Fsp3) is 0.133. The standard InChI is InChI=1S/C15H14ClNO3S/c16-13-8-4-7-12(9-13)15(11-5-2-1-3-6-11)21(20)10-14(18)17-19/h1-9,15,19H,10H2,(H,17,18). The number of hydrogen-bond acceptors (Lipinski definition) is 3. The third-order valence-corrected chi connectivity index (χ3v) is 4.77. The summed E-state index contributed by atoms with van der Waals surface area (Å²) in [6.07, 6.45) is 0. The molecule has 0 fully saturated rings. The zero-order chi connectivity index (χ0) is 15.2. The van der Waals surface area contributed by atoms with E-state index in [1.807, 2.05) is 36.4 Å². The van der Waals surface area contributed by atoms with Gasteiger partial charge in [-0.2, -0.15) is 0 Å². The fourth-order valence-electron chi connectivity index (χ4n) is 2.04. The molecule has 21 heavy (non-hydrogen) atoms. The Bertz CT molecular complexity index is 648. The van der Waals surface area contributed by atoms with Gasteiger partial charge in [-0.25, -0.2) is 5.48 Å². The van der Waals surface area contributed by atoms with E-state index in [1.165, 1.54) is 5.48 Å². The highest BCUT2D eigenvalue weighted by Gasteiger charge is 2.23. The van der Waals surface area contributed by atoms with Gasteiger partial charge in [-0.15, -0.1) is 0 Å². The maximum Gasteiger partial charge on any atom is 0.255 e. The van der Waals surface area contributed by atoms with Crippen molar-refractivity contribution < 1.29 is 14.2 Å². The lowest BCUT2D eigenvalue weighted by molar-refractivity contribution is -0.126. The molecule has 2 aromatic rings. The molecule has 2 unspecified atom stereocenters. The van der Waals surface area contributed by atoms with Gasteiger partial charge >= 0.3 is 0 Å². The van der Waals surface area contributed by atoms with Crippen molar-refractivity contribution in [2.45, 2.75) is 5.25 Å². The fourth-order valence-corrected chi connectivity index (χ4v) is 3.64. The average molecular weight is 324 g/mol. The van der Waals surface area contributed by atoms with Crippen LogP contribution in [0.1, 0.15) is 16.4 Å². The van der Waals surface area contributed by atoms with Crippen LogP contribution in [-0.4, -0.2) is 21.1 Å². The van der Waals surface area contributed by atoms with E-state index in [-0.39, 0.29) is 5.75 Å². The molecule has 0 saturated carbocycles. The van der Waals surface area contributed by atoms with E-state index in [4.69, 9.17) is 16.8 Å². The second-order valence-corrected chi connectivity index (χ2v) is 6.36. The largest absolute Gasteiger partial charge is 0.289 e. The Balaban J connectivity index is 2.40. The van der Waals surface area contributed by atoms with Crippen molar-refractivity contribution in [2.75, 3.05) is 5.75 Å². The van der Waals surface area contributed by atoms with Crippen molar-refractivity contribution in [3.8, 4) is 0 Å². The molecule has 4 nitrogen and oxygen atoms in total. The van der Waals surface area contributed by atoms with Gasteiger partial charge in [0.05, 0.1) is 5.25 Å². The predicted octanol–water partition coefficient (Wildman–Crippen LogP) is 2.68. The van der Waals surface area contributed by atoms with E-state index < -0.39 is 22.0 Å². The molecule has 2 atom stereocenters. The lowest BCUT2D eigenvalue weighted by Gasteiger charge is -2.17. The number of benzene rings is 2. The van der Waals surface area contributed by atoms with Crippen LogP contribution in [-0.2, 0) is 15.6 Å². The molecule has 0 saturated heterocycles. The molecule has 0 aliphatic heterocycles. The predicted molar refractivity (Wildman–Crippen MR) is 82.7 cm³/mol. The van der Waals surface area contributed by atoms with E-state index in [1.54, 1.807) is 18.2 Å². The molecular weight excluding hydrogens is 310 g/mol. The van der Waals surface area contributed by atoms with Gasteiger partial charge < -0.3 is 0 Å². The molecule has 1 amide bonds. The summed E-state index contributed by atoms with van der Waals surface area (Å²) < 4.78 is 12.5. The van der Waals surface area contributed by atoms with Crippen LogP contribution < -0.4 is 5.48 Å². The SMILES string of the molecule is O=C(CS(=O)C(c1ccccc1)c1cccc(Cl)c1)NO. The van der Waals surface area contributed by atoms with E-state index in [0.29, 0.717) is 5.02 Å². The first-order valence-corrected chi connectivity index (χ1v) is 7.98. The topological polar surface area (TPSA) is 66.4 Å². The van der Waals surface area contributed by atoms with E-state index in [9.17, 15) is 9.00 Å². The number of hydroxylamine groups is 1. The molecular formula is C15H14ClNO3S.